The summed E-state index contributed by atoms with van der Waals surface area (Å²) in [6.45, 7) is 13.3. The molecule has 0 amide bonds. The predicted octanol–water partition coefficient (Wildman–Crippen LogP) is 6.90. The van der Waals surface area contributed by atoms with Crippen molar-refractivity contribution in [3.8, 4) is 0 Å². The first-order valence-electron chi connectivity index (χ1n) is 15.8. The van der Waals surface area contributed by atoms with Crippen LogP contribution in [0, 0.1) is 41.5 Å². The van der Waals surface area contributed by atoms with Crippen molar-refractivity contribution < 1.29 is 0 Å². The van der Waals surface area contributed by atoms with Crippen molar-refractivity contribution in [2.45, 2.75) is 41.5 Å². The molecule has 0 spiro atoms. The zero-order chi connectivity index (χ0) is 31.6. The van der Waals surface area contributed by atoms with E-state index >= 15 is 0 Å². The van der Waals surface area contributed by atoms with Crippen molar-refractivity contribution in [1.29, 1.82) is 0 Å². The van der Waals surface area contributed by atoms with Gasteiger partial charge in [-0.1, -0.05) is 0 Å². The van der Waals surface area contributed by atoms with Crippen LogP contribution >= 0.6 is 6.13 Å². The molecule has 0 aromatic heterocycles. The second kappa shape index (κ2) is 13.6. The summed E-state index contributed by atoms with van der Waals surface area (Å²) < 4.78 is 9.17. The van der Waals surface area contributed by atoms with Crippen LogP contribution in [-0.4, -0.2) is 34.0 Å². The maximum absolute atomic E-state index is 3.86. The zero-order valence-corrected chi connectivity index (χ0v) is 33.8. The molecule has 0 aliphatic carbocycles. The number of aryl methyl sites for hydroxylation is 6. The van der Waals surface area contributed by atoms with Gasteiger partial charge in [-0.25, -0.2) is 0 Å². The molecule has 0 bridgehead atoms. The summed E-state index contributed by atoms with van der Waals surface area (Å²) in [6, 6.07) is 57.7. The van der Waals surface area contributed by atoms with Crippen molar-refractivity contribution in [2.24, 2.45) is 0 Å². The zero-order valence-electron chi connectivity index (χ0n) is 27.3. The Morgan fingerprint density at radius 2 is 0.378 bits per heavy atom. The van der Waals surface area contributed by atoms with E-state index in [4.69, 9.17) is 0 Å². The van der Waals surface area contributed by atoms with Gasteiger partial charge in [0.05, 0.1) is 0 Å². The van der Waals surface area contributed by atoms with E-state index in [9.17, 15) is 0 Å². The molecule has 0 radical (unpaired) electrons. The van der Waals surface area contributed by atoms with Crippen molar-refractivity contribution >= 4 is 61.6 Å². The summed E-state index contributed by atoms with van der Waals surface area (Å²) in [5.41, 5.74) is 7.85. The predicted molar refractivity (Wildman–Crippen MR) is 204 cm³/mol. The van der Waals surface area contributed by atoms with Crippen LogP contribution in [0.4, 0.5) is 0 Å². The molecular formula is C42H42SSn2. The standard InChI is InChI=1S/6C7H7.S.2Sn/c6*1-7-5-3-2-4-6-7;;;/h6*3-6H,1H3;;;. The van der Waals surface area contributed by atoms with Crippen molar-refractivity contribution in [3.05, 3.63) is 179 Å². The van der Waals surface area contributed by atoms with Gasteiger partial charge in [0, 0.05) is 0 Å². The van der Waals surface area contributed by atoms with Crippen molar-refractivity contribution in [1.82, 2.24) is 0 Å². The van der Waals surface area contributed by atoms with Crippen LogP contribution in [0.1, 0.15) is 33.4 Å². The minimum absolute atomic E-state index is 1.31. The molecule has 0 aliphatic heterocycles. The Labute approximate surface area is 279 Å². The normalized spacial score (nSPS) is 11.9. The first kappa shape index (κ1) is 32.2. The van der Waals surface area contributed by atoms with E-state index in [0.29, 0.717) is 0 Å². The molecule has 0 atom stereocenters. The fourth-order valence-electron chi connectivity index (χ4n) is 6.31. The Morgan fingerprint density at radius 3 is 0.511 bits per heavy atom. The van der Waals surface area contributed by atoms with Gasteiger partial charge in [-0.2, -0.15) is 0 Å². The topological polar surface area (TPSA) is 0 Å². The van der Waals surface area contributed by atoms with Crippen LogP contribution in [-0.2, 0) is 0 Å². The molecule has 0 unspecified atom stereocenters. The second-order valence-electron chi connectivity index (χ2n) is 12.7. The number of benzene rings is 6. The Bertz CT molecular complexity index is 1510. The quantitative estimate of drug-likeness (QED) is 0.151. The van der Waals surface area contributed by atoms with Gasteiger partial charge in [0.1, 0.15) is 0 Å². The Kier molecular flexibility index (Phi) is 9.70. The summed E-state index contributed by atoms with van der Waals surface area (Å²) in [5, 5.41) is 0. The third kappa shape index (κ3) is 6.46. The van der Waals surface area contributed by atoms with Gasteiger partial charge in [0.2, 0.25) is 0 Å². The third-order valence-electron chi connectivity index (χ3n) is 9.05. The first-order chi connectivity index (χ1) is 21.7. The van der Waals surface area contributed by atoms with Gasteiger partial charge >= 0.3 is 282 Å². The van der Waals surface area contributed by atoms with Crippen LogP contribution < -0.4 is 21.5 Å². The molecule has 3 heteroatoms. The van der Waals surface area contributed by atoms with E-state index in [2.05, 4.69) is 193 Å². The molecule has 0 nitrogen and oxygen atoms in total. The molecule has 0 N–H and O–H groups in total. The van der Waals surface area contributed by atoms with Gasteiger partial charge in [0.25, 0.3) is 0 Å². The van der Waals surface area contributed by atoms with E-state index in [0.717, 1.165) is 0 Å². The molecule has 0 aliphatic rings. The average molecular weight is 816 g/mol. The van der Waals surface area contributed by atoms with Gasteiger partial charge in [-0.15, -0.1) is 0 Å². The molecule has 45 heavy (non-hydrogen) atoms. The molecule has 6 aromatic carbocycles. The average Bonchev–Trinajstić information content (AvgIpc) is 3.05. The van der Waals surface area contributed by atoms with Crippen LogP contribution in [0.25, 0.3) is 0 Å². The molecule has 0 heterocycles. The summed E-state index contributed by atoms with van der Waals surface area (Å²) in [6.07, 6.45) is 2.46. The van der Waals surface area contributed by atoms with Gasteiger partial charge < -0.3 is 0 Å². The Balaban J connectivity index is 1.78. The number of rotatable bonds is 8. The molecule has 6 rings (SSSR count). The van der Waals surface area contributed by atoms with E-state index < -0.39 is 34.0 Å². The molecule has 6 aromatic rings. The van der Waals surface area contributed by atoms with E-state index in [1.807, 2.05) is 0 Å². The number of hydrogen-bond donors (Lipinski definition) is 0. The van der Waals surface area contributed by atoms with Crippen LogP contribution in [0.15, 0.2) is 146 Å². The van der Waals surface area contributed by atoms with Crippen LogP contribution in [0.2, 0.25) is 0 Å². The Hall–Kier alpha value is -2.73. The number of hydrogen-bond acceptors (Lipinski definition) is 1. The van der Waals surface area contributed by atoms with Crippen LogP contribution in [0.3, 0.4) is 0 Å². The fraction of sp³-hybridized carbons (Fsp3) is 0.143. The summed E-state index contributed by atoms with van der Waals surface area (Å²) >= 11 is -7.72. The molecular weight excluding hydrogens is 774 g/mol. The third-order valence-corrected chi connectivity index (χ3v) is 79.2. The van der Waals surface area contributed by atoms with Crippen LogP contribution in [0.5, 0.6) is 0 Å². The monoisotopic (exact) mass is 818 g/mol. The van der Waals surface area contributed by atoms with Gasteiger partial charge in [-0.3, -0.25) is 0 Å². The van der Waals surface area contributed by atoms with E-state index in [1.165, 1.54) is 54.9 Å². The second-order valence-corrected chi connectivity index (χ2v) is 52.2. The SMILES string of the molecule is Cc1cc[c]([Sn]([S][Sn]([c]2ccc(C)cc2)([c]2ccc(C)cc2)[c]2ccc(C)cc2)([c]2ccc(C)cc2)[c]2ccc(C)cc2)cc1. The molecule has 0 saturated heterocycles. The minimum atomic E-state index is -3.86. The molecule has 224 valence electrons. The Morgan fingerprint density at radius 1 is 0.244 bits per heavy atom. The van der Waals surface area contributed by atoms with Gasteiger partial charge in [0.15, 0.2) is 0 Å². The van der Waals surface area contributed by atoms with Crippen molar-refractivity contribution in [3.63, 3.8) is 0 Å². The molecule has 0 fully saturated rings. The van der Waals surface area contributed by atoms with E-state index in [1.54, 1.807) is 0 Å². The fourth-order valence-corrected chi connectivity index (χ4v) is 107. The molecule has 0 saturated carbocycles. The van der Waals surface area contributed by atoms with Crippen molar-refractivity contribution in [2.75, 3.05) is 0 Å². The van der Waals surface area contributed by atoms with E-state index in [-0.39, 0.29) is 0 Å². The maximum atomic E-state index is 2.47. The summed E-state index contributed by atoms with van der Waals surface area (Å²) in [4.78, 5) is 0. The summed E-state index contributed by atoms with van der Waals surface area (Å²) in [5.74, 6) is 0. The summed E-state index contributed by atoms with van der Waals surface area (Å²) in [7, 11) is 0. The van der Waals surface area contributed by atoms with Gasteiger partial charge in [-0.05, 0) is 0 Å². The first-order valence-corrected chi connectivity index (χ1v) is 32.2.